The van der Waals surface area contributed by atoms with Gasteiger partial charge in [0, 0.05) is 25.7 Å². The molecule has 1 heterocycles. The molecular weight excluding hydrogens is 228 g/mol. The molecule has 0 bridgehead atoms. The average molecular weight is 256 g/mol. The van der Waals surface area contributed by atoms with Crippen LogP contribution in [0.25, 0.3) is 0 Å². The smallest absolute Gasteiger partial charge is 0.307 e. The molecule has 0 saturated carbocycles. The number of rotatable bonds is 4. The Morgan fingerprint density at radius 2 is 1.94 bits per heavy atom. The van der Waals surface area contributed by atoms with Gasteiger partial charge in [0.2, 0.25) is 0 Å². The molecule has 0 radical (unpaired) electrons. The molecule has 2 unspecified atom stereocenters. The van der Waals surface area contributed by atoms with E-state index in [9.17, 15) is 4.79 Å². The topological polar surface area (TPSA) is 32.8 Å². The van der Waals surface area contributed by atoms with E-state index in [1.807, 2.05) is 20.8 Å². The average Bonchev–Trinajstić information content (AvgIpc) is 2.54. The first-order valence-electron chi connectivity index (χ1n) is 6.79. The summed E-state index contributed by atoms with van der Waals surface area (Å²) >= 11 is 0. The molecule has 0 aromatic heterocycles. The second-order valence-corrected chi connectivity index (χ2v) is 6.60. The molecule has 0 aromatic carbocycles. The molecule has 1 aliphatic heterocycles. The summed E-state index contributed by atoms with van der Waals surface area (Å²) in [5.41, 5.74) is -0.373. The van der Waals surface area contributed by atoms with Gasteiger partial charge in [-0.2, -0.15) is 0 Å². The fourth-order valence-corrected chi connectivity index (χ4v) is 2.54. The number of hydrogen-bond donors (Lipinski definition) is 0. The van der Waals surface area contributed by atoms with Crippen molar-refractivity contribution in [1.82, 2.24) is 9.80 Å². The highest BCUT2D eigenvalue weighted by Gasteiger charge is 2.31. The summed E-state index contributed by atoms with van der Waals surface area (Å²) in [6, 6.07) is 0.601. The Hall–Kier alpha value is -0.610. The highest BCUT2D eigenvalue weighted by Crippen LogP contribution is 2.20. The van der Waals surface area contributed by atoms with Crippen molar-refractivity contribution < 1.29 is 9.53 Å². The number of esters is 1. The van der Waals surface area contributed by atoms with Gasteiger partial charge in [-0.25, -0.2) is 0 Å². The molecule has 0 N–H and O–H groups in total. The Balaban J connectivity index is 2.31. The zero-order chi connectivity index (χ0) is 13.9. The molecule has 1 fully saturated rings. The molecule has 1 saturated heterocycles. The standard InChI is InChI=1S/C14H28N2O2/c1-11-9-16(10-12(11)15(5)6)8-7-13(17)18-14(2,3)4/h11-12H,7-10H2,1-6H3. The lowest BCUT2D eigenvalue weighted by atomic mass is 10.1. The molecule has 0 amide bonds. The SMILES string of the molecule is CC1CN(CCC(=O)OC(C)(C)C)CC1N(C)C. The van der Waals surface area contributed by atoms with Gasteiger partial charge in [0.05, 0.1) is 6.42 Å². The largest absolute Gasteiger partial charge is 0.460 e. The van der Waals surface area contributed by atoms with Crippen LogP contribution in [-0.4, -0.2) is 61.1 Å². The molecule has 4 nitrogen and oxygen atoms in total. The third-order valence-corrected chi connectivity index (χ3v) is 3.36. The maximum absolute atomic E-state index is 11.7. The zero-order valence-corrected chi connectivity index (χ0v) is 12.7. The Bertz CT molecular complexity index is 284. The Morgan fingerprint density at radius 3 is 2.39 bits per heavy atom. The molecular formula is C14H28N2O2. The van der Waals surface area contributed by atoms with Gasteiger partial charge in [0.1, 0.15) is 5.60 Å². The van der Waals surface area contributed by atoms with Gasteiger partial charge in [-0.3, -0.25) is 4.79 Å². The third-order valence-electron chi connectivity index (χ3n) is 3.36. The maximum atomic E-state index is 11.7. The van der Waals surface area contributed by atoms with Crippen LogP contribution in [0.4, 0.5) is 0 Å². The molecule has 0 aliphatic carbocycles. The van der Waals surface area contributed by atoms with Crippen LogP contribution in [0, 0.1) is 5.92 Å². The van der Waals surface area contributed by atoms with E-state index in [1.54, 1.807) is 0 Å². The molecule has 1 aliphatic rings. The van der Waals surface area contributed by atoms with Crippen molar-refractivity contribution in [2.45, 2.75) is 45.8 Å². The van der Waals surface area contributed by atoms with E-state index in [4.69, 9.17) is 4.74 Å². The van der Waals surface area contributed by atoms with Crippen LogP contribution in [0.15, 0.2) is 0 Å². The van der Waals surface area contributed by atoms with Crippen LogP contribution in [0.1, 0.15) is 34.1 Å². The Morgan fingerprint density at radius 1 is 1.33 bits per heavy atom. The van der Waals surface area contributed by atoms with Crippen molar-refractivity contribution in [2.24, 2.45) is 5.92 Å². The quantitative estimate of drug-likeness (QED) is 0.715. The number of hydrogen-bond acceptors (Lipinski definition) is 4. The maximum Gasteiger partial charge on any atom is 0.307 e. The van der Waals surface area contributed by atoms with Gasteiger partial charge < -0.3 is 14.5 Å². The fourth-order valence-electron chi connectivity index (χ4n) is 2.54. The van der Waals surface area contributed by atoms with Gasteiger partial charge in [-0.05, 0) is 40.8 Å². The van der Waals surface area contributed by atoms with Crippen LogP contribution in [0.3, 0.4) is 0 Å². The zero-order valence-electron chi connectivity index (χ0n) is 12.7. The number of carbonyl (C=O) groups is 1. The van der Waals surface area contributed by atoms with Gasteiger partial charge in [-0.1, -0.05) is 6.92 Å². The summed E-state index contributed by atoms with van der Waals surface area (Å²) in [4.78, 5) is 16.3. The summed E-state index contributed by atoms with van der Waals surface area (Å²) in [6.07, 6.45) is 0.490. The minimum Gasteiger partial charge on any atom is -0.460 e. The van der Waals surface area contributed by atoms with Gasteiger partial charge >= 0.3 is 5.97 Å². The molecule has 1 rings (SSSR count). The van der Waals surface area contributed by atoms with E-state index in [1.165, 1.54) is 0 Å². The predicted octanol–water partition coefficient (Wildman–Crippen LogP) is 1.60. The molecule has 106 valence electrons. The van der Waals surface area contributed by atoms with Gasteiger partial charge in [-0.15, -0.1) is 0 Å². The Kier molecular flexibility index (Phi) is 5.17. The summed E-state index contributed by atoms with van der Waals surface area (Å²) in [6.45, 7) is 10.9. The van der Waals surface area contributed by atoms with Crippen LogP contribution >= 0.6 is 0 Å². The highest BCUT2D eigenvalue weighted by molar-refractivity contribution is 5.70. The monoisotopic (exact) mass is 256 g/mol. The predicted molar refractivity (Wildman–Crippen MR) is 73.5 cm³/mol. The summed E-state index contributed by atoms with van der Waals surface area (Å²) in [5, 5.41) is 0. The van der Waals surface area contributed by atoms with E-state index in [0.29, 0.717) is 18.4 Å². The van der Waals surface area contributed by atoms with Crippen molar-refractivity contribution in [2.75, 3.05) is 33.7 Å². The van der Waals surface area contributed by atoms with Crippen LogP contribution in [0.2, 0.25) is 0 Å². The number of likely N-dealkylation sites (N-methyl/N-ethyl adjacent to an activating group) is 1. The van der Waals surface area contributed by atoms with Crippen molar-refractivity contribution in [1.29, 1.82) is 0 Å². The van der Waals surface area contributed by atoms with E-state index < -0.39 is 0 Å². The fraction of sp³-hybridized carbons (Fsp3) is 0.929. The van der Waals surface area contributed by atoms with E-state index >= 15 is 0 Å². The molecule has 4 heteroatoms. The first-order chi connectivity index (χ1) is 8.19. The van der Waals surface area contributed by atoms with E-state index in [2.05, 4.69) is 30.8 Å². The van der Waals surface area contributed by atoms with Crippen LogP contribution < -0.4 is 0 Å². The number of ether oxygens (including phenoxy) is 1. The van der Waals surface area contributed by atoms with Crippen molar-refractivity contribution in [3.8, 4) is 0 Å². The molecule has 18 heavy (non-hydrogen) atoms. The van der Waals surface area contributed by atoms with E-state index in [-0.39, 0.29) is 11.6 Å². The minimum atomic E-state index is -0.373. The first kappa shape index (κ1) is 15.4. The van der Waals surface area contributed by atoms with E-state index in [0.717, 1.165) is 19.6 Å². The second-order valence-electron chi connectivity index (χ2n) is 6.60. The minimum absolute atomic E-state index is 0.0940. The number of likely N-dealkylation sites (tertiary alicyclic amines) is 1. The number of carbonyl (C=O) groups excluding carboxylic acids is 1. The van der Waals surface area contributed by atoms with Crippen molar-refractivity contribution >= 4 is 5.97 Å². The van der Waals surface area contributed by atoms with Gasteiger partial charge in [0.25, 0.3) is 0 Å². The number of nitrogens with zero attached hydrogens (tertiary/aromatic N) is 2. The van der Waals surface area contributed by atoms with Crippen molar-refractivity contribution in [3.63, 3.8) is 0 Å². The lowest BCUT2D eigenvalue weighted by Gasteiger charge is -2.23. The van der Waals surface area contributed by atoms with Crippen LogP contribution in [0.5, 0.6) is 0 Å². The third kappa shape index (κ3) is 4.94. The Labute approximate surface area is 111 Å². The second kappa shape index (κ2) is 6.02. The normalized spacial score (nSPS) is 25.7. The lowest BCUT2D eigenvalue weighted by Crippen LogP contribution is -2.35. The van der Waals surface area contributed by atoms with Gasteiger partial charge in [0.15, 0.2) is 0 Å². The highest BCUT2D eigenvalue weighted by atomic mass is 16.6. The molecule has 2 atom stereocenters. The summed E-state index contributed by atoms with van der Waals surface area (Å²) < 4.78 is 5.32. The van der Waals surface area contributed by atoms with Crippen molar-refractivity contribution in [3.05, 3.63) is 0 Å². The molecule has 0 spiro atoms. The van der Waals surface area contributed by atoms with Crippen LogP contribution in [-0.2, 0) is 9.53 Å². The first-order valence-corrected chi connectivity index (χ1v) is 6.79. The summed E-state index contributed by atoms with van der Waals surface area (Å²) in [7, 11) is 4.25. The molecule has 0 aromatic rings. The summed E-state index contributed by atoms with van der Waals surface area (Å²) in [5.74, 6) is 0.571. The lowest BCUT2D eigenvalue weighted by molar-refractivity contribution is -0.155.